The first-order valence-corrected chi connectivity index (χ1v) is 8.26. The Labute approximate surface area is 149 Å². The molecule has 3 amide bonds. The monoisotopic (exact) mass is 352 g/mol. The number of amides is 3. The molecule has 0 fully saturated rings. The molecule has 0 saturated heterocycles. The van der Waals surface area contributed by atoms with Crippen molar-refractivity contribution in [1.29, 1.82) is 0 Å². The van der Waals surface area contributed by atoms with Gasteiger partial charge in [0.1, 0.15) is 5.82 Å². The Morgan fingerprint density at radius 2 is 1.92 bits per heavy atom. The summed E-state index contributed by atoms with van der Waals surface area (Å²) < 4.78 is 14.3. The molecule has 7 heteroatoms. The van der Waals surface area contributed by atoms with Gasteiger partial charge in [-0.25, -0.2) is 9.18 Å². The van der Waals surface area contributed by atoms with E-state index in [-0.39, 0.29) is 11.9 Å². The normalized spacial score (nSPS) is 19.7. The first-order valence-electron chi connectivity index (χ1n) is 8.26. The molecule has 0 radical (unpaired) electrons. The highest BCUT2D eigenvalue weighted by molar-refractivity contribution is 6.01. The summed E-state index contributed by atoms with van der Waals surface area (Å²) in [5.41, 5.74) is 2.27. The van der Waals surface area contributed by atoms with Crippen molar-refractivity contribution in [2.24, 2.45) is 0 Å². The lowest BCUT2D eigenvalue weighted by Gasteiger charge is -2.31. The summed E-state index contributed by atoms with van der Waals surface area (Å²) >= 11 is 0. The third-order valence-electron chi connectivity index (χ3n) is 4.77. The van der Waals surface area contributed by atoms with Crippen LogP contribution in [0.4, 0.5) is 9.18 Å². The van der Waals surface area contributed by atoms with Gasteiger partial charge in [0, 0.05) is 31.5 Å². The van der Waals surface area contributed by atoms with E-state index >= 15 is 0 Å². The lowest BCUT2D eigenvalue weighted by atomic mass is 9.95. The number of pyridine rings is 1. The number of hydrogen-bond donors (Lipinski definition) is 1. The van der Waals surface area contributed by atoms with Gasteiger partial charge in [0.2, 0.25) is 0 Å². The number of likely N-dealkylation sites (N-methyl/N-ethyl adjacent to an activating group) is 1. The fourth-order valence-corrected chi connectivity index (χ4v) is 3.40. The highest BCUT2D eigenvalue weighted by Gasteiger charge is 2.43. The average Bonchev–Trinajstić information content (AvgIpc) is 2.97. The Kier molecular flexibility index (Phi) is 3.91. The lowest BCUT2D eigenvalue weighted by Crippen LogP contribution is -2.45. The average molecular weight is 352 g/mol. The Hall–Kier alpha value is -3.22. The van der Waals surface area contributed by atoms with Gasteiger partial charge in [0.15, 0.2) is 0 Å². The molecule has 1 N–H and O–H groups in total. The highest BCUT2D eigenvalue weighted by Crippen LogP contribution is 2.36. The molecule has 2 aliphatic rings. The number of halogens is 1. The van der Waals surface area contributed by atoms with Crippen molar-refractivity contribution in [3.63, 3.8) is 0 Å². The second kappa shape index (κ2) is 6.25. The molecule has 0 bridgehead atoms. The Morgan fingerprint density at radius 3 is 2.65 bits per heavy atom. The first-order chi connectivity index (χ1) is 12.6. The van der Waals surface area contributed by atoms with Crippen molar-refractivity contribution in [2.75, 3.05) is 13.6 Å². The maximum absolute atomic E-state index is 14.3. The second-order valence-electron chi connectivity index (χ2n) is 6.34. The fourth-order valence-electron chi connectivity index (χ4n) is 3.40. The Balaban J connectivity index is 1.70. The van der Waals surface area contributed by atoms with Gasteiger partial charge in [-0.15, -0.1) is 0 Å². The molecule has 1 atom stereocenters. The molecular weight excluding hydrogens is 335 g/mol. The van der Waals surface area contributed by atoms with Crippen molar-refractivity contribution >= 4 is 11.9 Å². The van der Waals surface area contributed by atoms with E-state index in [1.165, 1.54) is 11.0 Å². The van der Waals surface area contributed by atoms with Crippen LogP contribution in [-0.2, 0) is 11.3 Å². The van der Waals surface area contributed by atoms with Crippen molar-refractivity contribution in [2.45, 2.75) is 12.6 Å². The maximum Gasteiger partial charge on any atom is 0.322 e. The zero-order chi connectivity index (χ0) is 18.3. The van der Waals surface area contributed by atoms with E-state index in [9.17, 15) is 14.0 Å². The Morgan fingerprint density at radius 1 is 1.19 bits per heavy atom. The summed E-state index contributed by atoms with van der Waals surface area (Å²) in [6.07, 6.45) is 3.34. The summed E-state index contributed by atoms with van der Waals surface area (Å²) in [6, 6.07) is 8.73. The standard InChI is InChI=1S/C19H17FN4O2/c1-23-15-11-24(10-12-6-8-21-9-7-12)18(25)16(15)17(22-19(23)26)13-4-2-3-5-14(13)20/h2-9,17H,10-11H2,1H3,(H,22,26)/t17-/m1/s1. The summed E-state index contributed by atoms with van der Waals surface area (Å²) in [6.45, 7) is 0.714. The van der Waals surface area contributed by atoms with Crippen molar-refractivity contribution in [1.82, 2.24) is 20.1 Å². The largest absolute Gasteiger partial charge is 0.329 e. The van der Waals surface area contributed by atoms with Gasteiger partial charge in [0.05, 0.1) is 23.9 Å². The van der Waals surface area contributed by atoms with E-state index in [1.54, 1.807) is 42.5 Å². The van der Waals surface area contributed by atoms with E-state index < -0.39 is 11.9 Å². The molecule has 2 aromatic rings. The number of carbonyl (C=O) groups is 2. The van der Waals surface area contributed by atoms with Crippen LogP contribution >= 0.6 is 0 Å². The number of carbonyl (C=O) groups excluding carboxylic acids is 2. The number of benzene rings is 1. The Bertz CT molecular complexity index is 913. The molecule has 4 rings (SSSR count). The van der Waals surface area contributed by atoms with E-state index in [1.807, 2.05) is 12.1 Å². The minimum absolute atomic E-state index is 0.197. The number of nitrogens with zero attached hydrogens (tertiary/aromatic N) is 3. The molecule has 132 valence electrons. The van der Waals surface area contributed by atoms with Gasteiger partial charge in [-0.2, -0.15) is 0 Å². The van der Waals surface area contributed by atoms with Crippen LogP contribution in [0.25, 0.3) is 0 Å². The maximum atomic E-state index is 14.3. The second-order valence-corrected chi connectivity index (χ2v) is 6.34. The number of nitrogens with one attached hydrogen (secondary N) is 1. The van der Waals surface area contributed by atoms with E-state index in [4.69, 9.17) is 0 Å². The zero-order valence-corrected chi connectivity index (χ0v) is 14.1. The molecule has 1 aromatic carbocycles. The van der Waals surface area contributed by atoms with Crippen LogP contribution in [0.2, 0.25) is 0 Å². The van der Waals surface area contributed by atoms with E-state index in [0.717, 1.165) is 5.56 Å². The van der Waals surface area contributed by atoms with Crippen LogP contribution in [-0.4, -0.2) is 40.3 Å². The highest BCUT2D eigenvalue weighted by atomic mass is 19.1. The SMILES string of the molecule is CN1C(=O)N[C@H](c2ccccc2F)C2=C1CN(Cc1ccncc1)C2=O. The predicted octanol–water partition coefficient (Wildman–Crippen LogP) is 2.21. The smallest absolute Gasteiger partial charge is 0.322 e. The molecule has 0 saturated carbocycles. The topological polar surface area (TPSA) is 65.5 Å². The summed E-state index contributed by atoms with van der Waals surface area (Å²) in [5, 5.41) is 2.74. The van der Waals surface area contributed by atoms with Crippen LogP contribution in [0.15, 0.2) is 60.1 Å². The molecule has 1 aromatic heterocycles. The quantitative estimate of drug-likeness (QED) is 0.921. The van der Waals surface area contributed by atoms with Crippen molar-refractivity contribution in [3.8, 4) is 0 Å². The molecule has 2 aliphatic heterocycles. The van der Waals surface area contributed by atoms with Crippen LogP contribution < -0.4 is 5.32 Å². The van der Waals surface area contributed by atoms with E-state index in [2.05, 4.69) is 10.3 Å². The van der Waals surface area contributed by atoms with Gasteiger partial charge >= 0.3 is 6.03 Å². The van der Waals surface area contributed by atoms with Crippen LogP contribution in [0, 0.1) is 5.82 Å². The number of rotatable bonds is 3. The molecule has 0 aliphatic carbocycles. The third kappa shape index (κ3) is 2.61. The third-order valence-corrected chi connectivity index (χ3v) is 4.77. The van der Waals surface area contributed by atoms with Gasteiger partial charge < -0.3 is 10.2 Å². The zero-order valence-electron chi connectivity index (χ0n) is 14.1. The van der Waals surface area contributed by atoms with Crippen molar-refractivity contribution < 1.29 is 14.0 Å². The molecule has 6 nitrogen and oxygen atoms in total. The first kappa shape index (κ1) is 16.3. The van der Waals surface area contributed by atoms with E-state index in [0.29, 0.717) is 29.9 Å². The number of aromatic nitrogens is 1. The molecule has 26 heavy (non-hydrogen) atoms. The number of urea groups is 1. The minimum atomic E-state index is -0.787. The summed E-state index contributed by atoms with van der Waals surface area (Å²) in [4.78, 5) is 32.4. The van der Waals surface area contributed by atoms with Gasteiger partial charge in [-0.3, -0.25) is 14.7 Å². The molecule has 0 spiro atoms. The fraction of sp³-hybridized carbons (Fsp3) is 0.211. The minimum Gasteiger partial charge on any atom is -0.329 e. The van der Waals surface area contributed by atoms with Crippen LogP contribution in [0.5, 0.6) is 0 Å². The van der Waals surface area contributed by atoms with Gasteiger partial charge in [-0.05, 0) is 23.8 Å². The number of hydrogen-bond acceptors (Lipinski definition) is 3. The summed E-state index contributed by atoms with van der Waals surface area (Å²) in [7, 11) is 1.62. The van der Waals surface area contributed by atoms with Gasteiger partial charge in [-0.1, -0.05) is 18.2 Å². The predicted molar refractivity (Wildman–Crippen MR) is 92.1 cm³/mol. The van der Waals surface area contributed by atoms with Crippen molar-refractivity contribution in [3.05, 3.63) is 77.0 Å². The van der Waals surface area contributed by atoms with Gasteiger partial charge in [0.25, 0.3) is 5.91 Å². The lowest BCUT2D eigenvalue weighted by molar-refractivity contribution is -0.126. The molecule has 0 unspecified atom stereocenters. The molecular formula is C19H17FN4O2. The molecule has 3 heterocycles. The summed E-state index contributed by atoms with van der Waals surface area (Å²) in [5.74, 6) is -0.647. The van der Waals surface area contributed by atoms with Crippen LogP contribution in [0.1, 0.15) is 17.2 Å². The van der Waals surface area contributed by atoms with Crippen LogP contribution in [0.3, 0.4) is 0 Å².